The van der Waals surface area contributed by atoms with Gasteiger partial charge in [-0.05, 0) is 36.8 Å². The third-order valence-electron chi connectivity index (χ3n) is 4.39. The zero-order chi connectivity index (χ0) is 20.6. The van der Waals surface area contributed by atoms with Crippen LogP contribution in [-0.2, 0) is 19.8 Å². The quantitative estimate of drug-likeness (QED) is 0.607. The lowest BCUT2D eigenvalue weighted by Gasteiger charge is -2.16. The van der Waals surface area contributed by atoms with E-state index >= 15 is 0 Å². The van der Waals surface area contributed by atoms with Crippen molar-refractivity contribution in [3.8, 4) is 17.6 Å². The second kappa shape index (κ2) is 9.36. The van der Waals surface area contributed by atoms with E-state index in [0.717, 1.165) is 11.1 Å². The molecule has 0 spiro atoms. The highest BCUT2D eigenvalue weighted by molar-refractivity contribution is 5.46. The first-order valence-corrected chi connectivity index (χ1v) is 8.95. The fraction of sp³-hybridized carbons (Fsp3) is 0.174. The number of hydrogen-bond acceptors (Lipinski definition) is 5. The number of benzene rings is 2. The van der Waals surface area contributed by atoms with Gasteiger partial charge in [-0.2, -0.15) is 5.26 Å². The van der Waals surface area contributed by atoms with Crippen LogP contribution in [0, 0.1) is 24.8 Å². The van der Waals surface area contributed by atoms with Gasteiger partial charge in [0.2, 0.25) is 0 Å². The summed E-state index contributed by atoms with van der Waals surface area (Å²) in [4.78, 5) is 7.74. The first kappa shape index (κ1) is 19.9. The lowest BCUT2D eigenvalue weighted by atomic mass is 10.1. The van der Waals surface area contributed by atoms with Crippen LogP contribution in [0.15, 0.2) is 54.7 Å². The van der Waals surface area contributed by atoms with Crippen molar-refractivity contribution in [2.45, 2.75) is 26.7 Å². The molecule has 0 amide bonds. The van der Waals surface area contributed by atoms with Crippen LogP contribution in [0.1, 0.15) is 27.9 Å². The first-order chi connectivity index (χ1) is 14.1. The predicted octanol–water partition coefficient (Wildman–Crippen LogP) is 4.46. The van der Waals surface area contributed by atoms with Gasteiger partial charge < -0.3 is 14.6 Å². The highest BCUT2D eigenvalue weighted by Gasteiger charge is 2.14. The first-order valence-electron chi connectivity index (χ1n) is 8.95. The summed E-state index contributed by atoms with van der Waals surface area (Å²) in [6.07, 6.45) is 1.67. The molecule has 29 heavy (non-hydrogen) atoms. The van der Waals surface area contributed by atoms with E-state index in [1.807, 2.05) is 19.1 Å². The molecule has 0 aliphatic carbocycles. The Morgan fingerprint density at radius 3 is 2.41 bits per heavy atom. The van der Waals surface area contributed by atoms with Gasteiger partial charge in [-0.25, -0.2) is 4.85 Å². The SMILES string of the molecule is [C-]#[N+]c1ccc(COc2c(C)ncc(COc3ccc(C#N)cc3)c2CO)cc1. The summed E-state index contributed by atoms with van der Waals surface area (Å²) in [6, 6.07) is 16.0. The van der Waals surface area contributed by atoms with Crippen LogP contribution in [0.2, 0.25) is 0 Å². The van der Waals surface area contributed by atoms with Crippen LogP contribution in [0.3, 0.4) is 0 Å². The van der Waals surface area contributed by atoms with Crippen molar-refractivity contribution in [3.63, 3.8) is 0 Å². The van der Waals surface area contributed by atoms with Crippen LogP contribution in [0.5, 0.6) is 11.5 Å². The lowest BCUT2D eigenvalue weighted by molar-refractivity contribution is 0.247. The number of aliphatic hydroxyl groups excluding tert-OH is 1. The minimum Gasteiger partial charge on any atom is -0.489 e. The average Bonchev–Trinajstić information content (AvgIpc) is 2.77. The van der Waals surface area contributed by atoms with E-state index in [1.165, 1.54) is 0 Å². The molecule has 0 bridgehead atoms. The van der Waals surface area contributed by atoms with Crippen molar-refractivity contribution in [1.82, 2.24) is 4.98 Å². The molecular formula is C23H19N3O3. The van der Waals surface area contributed by atoms with E-state index < -0.39 is 0 Å². The number of pyridine rings is 1. The van der Waals surface area contributed by atoms with Crippen molar-refractivity contribution in [3.05, 3.63) is 94.1 Å². The van der Waals surface area contributed by atoms with E-state index in [0.29, 0.717) is 40.6 Å². The van der Waals surface area contributed by atoms with E-state index in [9.17, 15) is 5.11 Å². The van der Waals surface area contributed by atoms with Crippen molar-refractivity contribution >= 4 is 5.69 Å². The zero-order valence-electron chi connectivity index (χ0n) is 15.9. The fourth-order valence-corrected chi connectivity index (χ4v) is 2.77. The molecule has 6 heteroatoms. The number of nitriles is 1. The van der Waals surface area contributed by atoms with Gasteiger partial charge in [-0.15, -0.1) is 0 Å². The minimum absolute atomic E-state index is 0.207. The Morgan fingerprint density at radius 1 is 1.07 bits per heavy atom. The van der Waals surface area contributed by atoms with E-state index in [1.54, 1.807) is 42.6 Å². The molecule has 3 rings (SSSR count). The number of aliphatic hydroxyl groups is 1. The summed E-state index contributed by atoms with van der Waals surface area (Å²) < 4.78 is 11.7. The third-order valence-corrected chi connectivity index (χ3v) is 4.39. The van der Waals surface area contributed by atoms with Crippen molar-refractivity contribution < 1.29 is 14.6 Å². The zero-order valence-corrected chi connectivity index (χ0v) is 15.9. The molecule has 6 nitrogen and oxygen atoms in total. The molecule has 0 aliphatic rings. The van der Waals surface area contributed by atoms with Crippen LogP contribution in [-0.4, -0.2) is 10.1 Å². The van der Waals surface area contributed by atoms with E-state index in [2.05, 4.69) is 15.9 Å². The van der Waals surface area contributed by atoms with Gasteiger partial charge in [0.15, 0.2) is 5.69 Å². The van der Waals surface area contributed by atoms with Gasteiger partial charge in [0.05, 0.1) is 30.5 Å². The van der Waals surface area contributed by atoms with Crippen LogP contribution >= 0.6 is 0 Å². The highest BCUT2D eigenvalue weighted by atomic mass is 16.5. The molecule has 144 valence electrons. The Labute approximate surface area is 169 Å². The van der Waals surface area contributed by atoms with Crippen molar-refractivity contribution in [2.75, 3.05) is 0 Å². The molecule has 0 saturated heterocycles. The number of nitrogens with zero attached hydrogens (tertiary/aromatic N) is 3. The Bertz CT molecular complexity index is 1060. The summed E-state index contributed by atoms with van der Waals surface area (Å²) in [5.41, 5.74) is 4.08. The predicted molar refractivity (Wildman–Crippen MR) is 107 cm³/mol. The van der Waals surface area contributed by atoms with Gasteiger partial charge in [-0.3, -0.25) is 4.98 Å². The topological polar surface area (TPSA) is 79.7 Å². The van der Waals surface area contributed by atoms with E-state index in [4.69, 9.17) is 21.3 Å². The van der Waals surface area contributed by atoms with Crippen LogP contribution < -0.4 is 9.47 Å². The molecule has 3 aromatic rings. The van der Waals surface area contributed by atoms with Gasteiger partial charge in [0.1, 0.15) is 24.7 Å². The maximum Gasteiger partial charge on any atom is 0.187 e. The van der Waals surface area contributed by atoms with Crippen molar-refractivity contribution in [2.24, 2.45) is 0 Å². The summed E-state index contributed by atoms with van der Waals surface area (Å²) in [6.45, 7) is 9.14. The molecule has 1 N–H and O–H groups in total. The minimum atomic E-state index is -0.207. The normalized spacial score (nSPS) is 10.1. The molecule has 0 unspecified atom stereocenters. The molecule has 0 saturated carbocycles. The molecule has 1 heterocycles. The Hall–Kier alpha value is -3.87. The van der Waals surface area contributed by atoms with Gasteiger partial charge >= 0.3 is 0 Å². The third kappa shape index (κ3) is 4.90. The standard InChI is InChI=1S/C23H19N3O3/c1-16-23(29-14-18-3-7-20(25-2)8-4-18)22(13-27)19(12-26-16)15-28-21-9-5-17(11-24)6-10-21/h3-10,12,27H,13-15H2,1H3. The summed E-state index contributed by atoms with van der Waals surface area (Å²) in [5, 5.41) is 18.8. The van der Waals surface area contributed by atoms with Gasteiger partial charge in [-0.1, -0.05) is 24.3 Å². The monoisotopic (exact) mass is 385 g/mol. The molecular weight excluding hydrogens is 366 g/mol. The Kier molecular flexibility index (Phi) is 6.42. The molecule has 0 aliphatic heterocycles. The summed E-state index contributed by atoms with van der Waals surface area (Å²) in [5.74, 6) is 1.15. The second-order valence-electron chi connectivity index (χ2n) is 6.33. The largest absolute Gasteiger partial charge is 0.489 e. The van der Waals surface area contributed by atoms with Gasteiger partial charge in [0.25, 0.3) is 0 Å². The van der Waals surface area contributed by atoms with Crippen LogP contribution in [0.25, 0.3) is 4.85 Å². The summed E-state index contributed by atoms with van der Waals surface area (Å²) in [7, 11) is 0. The number of ether oxygens (including phenoxy) is 2. The average molecular weight is 385 g/mol. The summed E-state index contributed by atoms with van der Waals surface area (Å²) >= 11 is 0. The molecule has 2 aromatic carbocycles. The Morgan fingerprint density at radius 2 is 1.79 bits per heavy atom. The van der Waals surface area contributed by atoms with Crippen LogP contribution in [0.4, 0.5) is 5.69 Å². The highest BCUT2D eigenvalue weighted by Crippen LogP contribution is 2.28. The number of rotatable bonds is 7. The van der Waals surface area contributed by atoms with Gasteiger partial charge in [0, 0.05) is 17.3 Å². The maximum atomic E-state index is 9.92. The van der Waals surface area contributed by atoms with Crippen molar-refractivity contribution in [1.29, 1.82) is 5.26 Å². The smallest absolute Gasteiger partial charge is 0.187 e. The molecule has 0 radical (unpaired) electrons. The second-order valence-corrected chi connectivity index (χ2v) is 6.33. The number of aryl methyl sites for hydroxylation is 1. The number of aromatic nitrogens is 1. The molecule has 0 fully saturated rings. The maximum absolute atomic E-state index is 9.92. The molecule has 1 aromatic heterocycles. The molecule has 0 atom stereocenters. The van der Waals surface area contributed by atoms with E-state index in [-0.39, 0.29) is 13.2 Å². The fourth-order valence-electron chi connectivity index (χ4n) is 2.77. The lowest BCUT2D eigenvalue weighted by Crippen LogP contribution is -2.07. The number of hydrogen-bond donors (Lipinski definition) is 1. The Balaban J connectivity index is 1.74.